The van der Waals surface area contributed by atoms with Crippen LogP contribution in [0.1, 0.15) is 16.1 Å². The minimum absolute atomic E-state index is 0.128. The van der Waals surface area contributed by atoms with E-state index >= 15 is 0 Å². The molecule has 1 aromatic carbocycles. The van der Waals surface area contributed by atoms with Gasteiger partial charge in [0, 0.05) is 18.1 Å². The van der Waals surface area contributed by atoms with Gasteiger partial charge in [-0.15, -0.1) is 0 Å². The number of carbonyl (C=O) groups is 1. The maximum absolute atomic E-state index is 12.5. The van der Waals surface area contributed by atoms with E-state index < -0.39 is 17.6 Å². The lowest BCUT2D eigenvalue weighted by molar-refractivity contribution is -0.137. The number of hydrogen-bond donors (Lipinski definition) is 2. The van der Waals surface area contributed by atoms with Crippen molar-refractivity contribution in [1.82, 2.24) is 15.2 Å². The van der Waals surface area contributed by atoms with Crippen molar-refractivity contribution in [2.45, 2.75) is 6.18 Å². The first kappa shape index (κ1) is 14.1. The van der Waals surface area contributed by atoms with Gasteiger partial charge in [0.1, 0.15) is 0 Å². The number of nitrogens with zero attached hydrogens (tertiary/aromatic N) is 2. The Labute approximate surface area is 122 Å². The van der Waals surface area contributed by atoms with Gasteiger partial charge in [-0.3, -0.25) is 14.9 Å². The van der Waals surface area contributed by atoms with Crippen LogP contribution in [0.15, 0.2) is 42.7 Å². The molecule has 0 saturated heterocycles. The summed E-state index contributed by atoms with van der Waals surface area (Å²) in [6.07, 6.45) is -1.37. The molecule has 2 N–H and O–H groups in total. The Morgan fingerprint density at radius 3 is 2.55 bits per heavy atom. The SMILES string of the molecule is O=C(Nc1ccc(C(F)(F)F)cc1)c1n[nH]c2ccncc12. The monoisotopic (exact) mass is 306 g/mol. The molecular formula is C14H9F3N4O. The van der Waals surface area contributed by atoms with Crippen molar-refractivity contribution in [2.24, 2.45) is 0 Å². The van der Waals surface area contributed by atoms with Gasteiger partial charge in [0.05, 0.1) is 16.5 Å². The summed E-state index contributed by atoms with van der Waals surface area (Å²) >= 11 is 0. The van der Waals surface area contributed by atoms with Crippen molar-refractivity contribution in [3.63, 3.8) is 0 Å². The number of halogens is 3. The zero-order valence-corrected chi connectivity index (χ0v) is 11.0. The molecule has 0 aliphatic carbocycles. The average Bonchev–Trinajstić information content (AvgIpc) is 2.91. The molecule has 112 valence electrons. The Hall–Kier alpha value is -2.90. The number of aromatic amines is 1. The summed E-state index contributed by atoms with van der Waals surface area (Å²) in [4.78, 5) is 16.0. The van der Waals surface area contributed by atoms with Gasteiger partial charge in [-0.25, -0.2) is 0 Å². The minimum atomic E-state index is -4.41. The van der Waals surface area contributed by atoms with Crippen molar-refractivity contribution in [3.05, 3.63) is 54.0 Å². The fourth-order valence-electron chi connectivity index (χ4n) is 1.96. The molecule has 8 heteroatoms. The molecule has 3 aromatic rings. The third kappa shape index (κ3) is 2.62. The molecule has 0 spiro atoms. The Kier molecular flexibility index (Phi) is 3.28. The number of rotatable bonds is 2. The first-order valence-corrected chi connectivity index (χ1v) is 6.22. The van der Waals surface area contributed by atoms with Crippen molar-refractivity contribution in [3.8, 4) is 0 Å². The quantitative estimate of drug-likeness (QED) is 0.763. The van der Waals surface area contributed by atoms with Crippen molar-refractivity contribution < 1.29 is 18.0 Å². The summed E-state index contributed by atoms with van der Waals surface area (Å²) in [6, 6.07) is 5.85. The van der Waals surface area contributed by atoms with Crippen LogP contribution in [0.2, 0.25) is 0 Å². The Balaban J connectivity index is 1.82. The van der Waals surface area contributed by atoms with Gasteiger partial charge < -0.3 is 5.32 Å². The van der Waals surface area contributed by atoms with E-state index in [1.165, 1.54) is 18.3 Å². The third-order valence-electron chi connectivity index (χ3n) is 3.05. The number of alkyl halides is 3. The number of fused-ring (bicyclic) bond motifs is 1. The molecule has 0 bridgehead atoms. The molecule has 0 atom stereocenters. The van der Waals surface area contributed by atoms with E-state index in [0.717, 1.165) is 12.1 Å². The van der Waals surface area contributed by atoms with E-state index in [4.69, 9.17) is 0 Å². The third-order valence-corrected chi connectivity index (χ3v) is 3.05. The highest BCUT2D eigenvalue weighted by atomic mass is 19.4. The predicted molar refractivity (Wildman–Crippen MR) is 73.3 cm³/mol. The minimum Gasteiger partial charge on any atom is -0.321 e. The van der Waals surface area contributed by atoms with E-state index in [2.05, 4.69) is 20.5 Å². The lowest BCUT2D eigenvalue weighted by Gasteiger charge is -2.08. The number of hydrogen-bond acceptors (Lipinski definition) is 3. The van der Waals surface area contributed by atoms with Crippen LogP contribution in [0.25, 0.3) is 10.9 Å². The fourth-order valence-corrected chi connectivity index (χ4v) is 1.96. The summed E-state index contributed by atoms with van der Waals surface area (Å²) < 4.78 is 37.4. The normalized spacial score (nSPS) is 11.6. The summed E-state index contributed by atoms with van der Waals surface area (Å²) in [7, 11) is 0. The van der Waals surface area contributed by atoms with Crippen LogP contribution >= 0.6 is 0 Å². The van der Waals surface area contributed by atoms with Gasteiger partial charge in [-0.05, 0) is 30.3 Å². The van der Waals surface area contributed by atoms with Crippen LogP contribution in [0.4, 0.5) is 18.9 Å². The number of nitrogens with one attached hydrogen (secondary N) is 2. The second-order valence-electron chi connectivity index (χ2n) is 4.52. The molecule has 22 heavy (non-hydrogen) atoms. The zero-order chi connectivity index (χ0) is 15.7. The smallest absolute Gasteiger partial charge is 0.321 e. The zero-order valence-electron chi connectivity index (χ0n) is 11.0. The van der Waals surface area contributed by atoms with Crippen LogP contribution in [0.3, 0.4) is 0 Å². The predicted octanol–water partition coefficient (Wildman–Crippen LogP) is 3.23. The molecule has 0 aliphatic heterocycles. The van der Waals surface area contributed by atoms with Crippen molar-refractivity contribution in [1.29, 1.82) is 0 Å². The lowest BCUT2D eigenvalue weighted by Crippen LogP contribution is -2.13. The van der Waals surface area contributed by atoms with Crippen LogP contribution < -0.4 is 5.32 Å². The summed E-state index contributed by atoms with van der Waals surface area (Å²) in [6.45, 7) is 0. The van der Waals surface area contributed by atoms with Gasteiger partial charge in [0.2, 0.25) is 0 Å². The number of amides is 1. The maximum atomic E-state index is 12.5. The molecule has 3 rings (SSSR count). The molecule has 0 unspecified atom stereocenters. The van der Waals surface area contributed by atoms with Crippen LogP contribution in [0, 0.1) is 0 Å². The highest BCUT2D eigenvalue weighted by molar-refractivity contribution is 6.10. The van der Waals surface area contributed by atoms with Crippen LogP contribution in [-0.4, -0.2) is 21.1 Å². The van der Waals surface area contributed by atoms with Gasteiger partial charge in [-0.2, -0.15) is 18.3 Å². The number of carbonyl (C=O) groups excluding carboxylic acids is 1. The number of aromatic nitrogens is 3. The lowest BCUT2D eigenvalue weighted by atomic mass is 10.2. The van der Waals surface area contributed by atoms with E-state index in [-0.39, 0.29) is 11.4 Å². The molecule has 0 aliphatic rings. The highest BCUT2D eigenvalue weighted by Gasteiger charge is 2.30. The van der Waals surface area contributed by atoms with Gasteiger partial charge >= 0.3 is 6.18 Å². The van der Waals surface area contributed by atoms with Crippen molar-refractivity contribution in [2.75, 3.05) is 5.32 Å². The standard InChI is InChI=1S/C14H9F3N4O/c15-14(16,17)8-1-3-9(4-2-8)19-13(22)12-10-7-18-6-5-11(10)20-21-12/h1-7H,(H,19,22)(H,20,21). The number of pyridine rings is 1. The van der Waals surface area contributed by atoms with E-state index in [9.17, 15) is 18.0 Å². The van der Waals surface area contributed by atoms with Crippen LogP contribution in [0.5, 0.6) is 0 Å². The van der Waals surface area contributed by atoms with E-state index in [1.54, 1.807) is 12.3 Å². The van der Waals surface area contributed by atoms with E-state index in [1.807, 2.05) is 0 Å². The Bertz CT molecular complexity index is 824. The highest BCUT2D eigenvalue weighted by Crippen LogP contribution is 2.29. The molecule has 1 amide bonds. The molecule has 2 aromatic heterocycles. The van der Waals surface area contributed by atoms with Crippen LogP contribution in [-0.2, 0) is 6.18 Å². The van der Waals surface area contributed by atoms with Gasteiger partial charge in [-0.1, -0.05) is 0 Å². The van der Waals surface area contributed by atoms with Gasteiger partial charge in [0.15, 0.2) is 5.69 Å². The molecule has 0 fully saturated rings. The first-order chi connectivity index (χ1) is 10.4. The first-order valence-electron chi connectivity index (χ1n) is 6.22. The largest absolute Gasteiger partial charge is 0.416 e. The second-order valence-corrected chi connectivity index (χ2v) is 4.52. The second kappa shape index (κ2) is 5.14. The summed E-state index contributed by atoms with van der Waals surface area (Å²) in [5, 5.41) is 9.61. The van der Waals surface area contributed by atoms with Gasteiger partial charge in [0.25, 0.3) is 5.91 Å². The topological polar surface area (TPSA) is 70.7 Å². The fraction of sp³-hybridized carbons (Fsp3) is 0.0714. The number of benzene rings is 1. The Morgan fingerprint density at radius 2 is 1.86 bits per heavy atom. The molecule has 2 heterocycles. The summed E-state index contributed by atoms with van der Waals surface area (Å²) in [5.41, 5.74) is 0.244. The molecule has 5 nitrogen and oxygen atoms in total. The average molecular weight is 306 g/mol. The maximum Gasteiger partial charge on any atom is 0.416 e. The molecule has 0 radical (unpaired) electrons. The Morgan fingerprint density at radius 1 is 1.14 bits per heavy atom. The molecule has 0 saturated carbocycles. The van der Waals surface area contributed by atoms with Crippen molar-refractivity contribution >= 4 is 22.5 Å². The summed E-state index contributed by atoms with van der Waals surface area (Å²) in [5.74, 6) is -0.529. The van der Waals surface area contributed by atoms with E-state index in [0.29, 0.717) is 10.9 Å². The number of H-pyrrole nitrogens is 1. The number of anilines is 1. The molecular weight excluding hydrogens is 297 g/mol.